The van der Waals surface area contributed by atoms with Gasteiger partial charge < -0.3 is 14.0 Å². The van der Waals surface area contributed by atoms with Crippen LogP contribution in [0.4, 0.5) is 0 Å². The molecule has 0 aromatic rings. The summed E-state index contributed by atoms with van der Waals surface area (Å²) in [6, 6.07) is 0. The van der Waals surface area contributed by atoms with E-state index in [2.05, 4.69) is 13.8 Å². The molecule has 0 unspecified atom stereocenters. The third-order valence-corrected chi connectivity index (χ3v) is 4.30. The molecule has 0 aliphatic carbocycles. The molecule has 0 aromatic carbocycles. The molecule has 144 valence electrons. The standard InChI is InChI=1S/C17H34O6S.Na/c1-16(2)10-8-6-4-3-5-7-9-11-17(18)23-13-12-22-14-15-24(19,20)21;/h16H,3-15H2,1-2H3,(H,19,20,21);/q;+1/p-1. The normalized spacial score (nSPS) is 11.4. The molecule has 0 rings (SSSR count). The number of hydrogen-bond donors (Lipinski definition) is 0. The van der Waals surface area contributed by atoms with Crippen molar-refractivity contribution in [1.29, 1.82) is 0 Å². The minimum absolute atomic E-state index is 0. The molecule has 0 atom stereocenters. The van der Waals surface area contributed by atoms with Crippen LogP contribution in [0.1, 0.15) is 71.6 Å². The van der Waals surface area contributed by atoms with Crippen molar-refractivity contribution < 1.29 is 56.8 Å². The third-order valence-electron chi connectivity index (χ3n) is 3.63. The Morgan fingerprint density at radius 1 is 0.920 bits per heavy atom. The van der Waals surface area contributed by atoms with Crippen LogP contribution < -0.4 is 29.6 Å². The van der Waals surface area contributed by atoms with Gasteiger partial charge in [0, 0.05) is 6.42 Å². The summed E-state index contributed by atoms with van der Waals surface area (Å²) in [5, 5.41) is 0. The van der Waals surface area contributed by atoms with Crippen molar-refractivity contribution in [2.75, 3.05) is 25.6 Å². The maximum Gasteiger partial charge on any atom is 1.00 e. The van der Waals surface area contributed by atoms with Gasteiger partial charge in [-0.1, -0.05) is 58.8 Å². The van der Waals surface area contributed by atoms with Crippen molar-refractivity contribution in [2.45, 2.75) is 71.6 Å². The Labute approximate surface area is 175 Å². The molecule has 0 amide bonds. The largest absolute Gasteiger partial charge is 1.00 e. The SMILES string of the molecule is CC(C)CCCCCCCCCC(=O)OCCOCCS(=O)(=O)[O-].[Na+]. The first-order valence-electron chi connectivity index (χ1n) is 8.98. The molecule has 0 saturated carbocycles. The van der Waals surface area contributed by atoms with E-state index in [0.717, 1.165) is 25.2 Å². The van der Waals surface area contributed by atoms with Gasteiger partial charge in [-0.25, -0.2) is 8.42 Å². The first-order chi connectivity index (χ1) is 11.3. The van der Waals surface area contributed by atoms with Crippen molar-refractivity contribution in [3.8, 4) is 0 Å². The molecule has 0 fully saturated rings. The molecule has 0 aromatic heterocycles. The van der Waals surface area contributed by atoms with E-state index in [1.165, 1.54) is 32.1 Å². The van der Waals surface area contributed by atoms with Gasteiger partial charge in [0.05, 0.1) is 29.1 Å². The van der Waals surface area contributed by atoms with Gasteiger partial charge >= 0.3 is 35.5 Å². The number of unbranched alkanes of at least 4 members (excludes halogenated alkanes) is 6. The molecule has 0 saturated heterocycles. The van der Waals surface area contributed by atoms with Gasteiger partial charge in [0.2, 0.25) is 0 Å². The number of carbonyl (C=O) groups is 1. The van der Waals surface area contributed by atoms with Crippen molar-refractivity contribution in [3.63, 3.8) is 0 Å². The Kier molecular flexibility index (Phi) is 19.6. The molecule has 0 heterocycles. The van der Waals surface area contributed by atoms with Crippen LogP contribution in [0.15, 0.2) is 0 Å². The molecular weight excluding hydrogens is 355 g/mol. The van der Waals surface area contributed by atoms with Crippen molar-refractivity contribution in [3.05, 3.63) is 0 Å². The molecule has 0 N–H and O–H groups in total. The number of ether oxygens (including phenoxy) is 2. The van der Waals surface area contributed by atoms with E-state index >= 15 is 0 Å². The summed E-state index contributed by atoms with van der Waals surface area (Å²) < 4.78 is 40.8. The Balaban J connectivity index is 0. The van der Waals surface area contributed by atoms with Crippen LogP contribution in [0.25, 0.3) is 0 Å². The zero-order valence-electron chi connectivity index (χ0n) is 16.1. The Hall–Kier alpha value is 0.340. The van der Waals surface area contributed by atoms with Crippen LogP contribution in [0.5, 0.6) is 0 Å². The second-order valence-corrected chi connectivity index (χ2v) is 8.03. The van der Waals surface area contributed by atoms with Crippen molar-refractivity contribution in [1.82, 2.24) is 0 Å². The summed E-state index contributed by atoms with van der Waals surface area (Å²) in [4.78, 5) is 11.4. The van der Waals surface area contributed by atoms with Crippen LogP contribution in [0.3, 0.4) is 0 Å². The number of hydrogen-bond acceptors (Lipinski definition) is 6. The molecule has 25 heavy (non-hydrogen) atoms. The summed E-state index contributed by atoms with van der Waals surface area (Å²) in [6.07, 6.45) is 9.85. The van der Waals surface area contributed by atoms with Crippen LogP contribution >= 0.6 is 0 Å². The summed E-state index contributed by atoms with van der Waals surface area (Å²) in [6.45, 7) is 4.54. The first kappa shape index (κ1) is 27.6. The number of esters is 1. The van der Waals surface area contributed by atoms with Gasteiger partial charge in [-0.05, 0) is 12.3 Å². The molecule has 6 nitrogen and oxygen atoms in total. The summed E-state index contributed by atoms with van der Waals surface area (Å²) in [5.74, 6) is -0.0218. The van der Waals surface area contributed by atoms with E-state index in [-0.39, 0.29) is 55.3 Å². The summed E-state index contributed by atoms with van der Waals surface area (Å²) >= 11 is 0. The predicted octanol–water partition coefficient (Wildman–Crippen LogP) is 0.262. The van der Waals surface area contributed by atoms with Crippen LogP contribution in [-0.2, 0) is 24.4 Å². The van der Waals surface area contributed by atoms with E-state index in [9.17, 15) is 17.8 Å². The Morgan fingerprint density at radius 3 is 2.04 bits per heavy atom. The average molecular weight is 389 g/mol. The molecule has 8 heteroatoms. The monoisotopic (exact) mass is 388 g/mol. The molecule has 0 spiro atoms. The zero-order valence-corrected chi connectivity index (χ0v) is 18.9. The molecular formula is C17H33NaO6S. The maximum atomic E-state index is 11.4. The van der Waals surface area contributed by atoms with Gasteiger partial charge in [-0.2, -0.15) is 0 Å². The molecule has 0 aliphatic heterocycles. The fourth-order valence-electron chi connectivity index (χ4n) is 2.26. The topological polar surface area (TPSA) is 92.7 Å². The zero-order chi connectivity index (χ0) is 18.3. The molecule has 0 radical (unpaired) electrons. The maximum absolute atomic E-state index is 11.4. The average Bonchev–Trinajstić information content (AvgIpc) is 2.47. The van der Waals surface area contributed by atoms with Crippen LogP contribution in [0.2, 0.25) is 0 Å². The van der Waals surface area contributed by atoms with E-state index in [1.54, 1.807) is 0 Å². The van der Waals surface area contributed by atoms with Crippen LogP contribution in [0, 0.1) is 5.92 Å². The second kappa shape index (κ2) is 17.7. The quantitative estimate of drug-likeness (QED) is 0.163. The van der Waals surface area contributed by atoms with Gasteiger partial charge in [0.15, 0.2) is 0 Å². The van der Waals surface area contributed by atoms with E-state index < -0.39 is 15.9 Å². The van der Waals surface area contributed by atoms with Gasteiger partial charge in [0.1, 0.15) is 6.61 Å². The Morgan fingerprint density at radius 2 is 1.48 bits per heavy atom. The summed E-state index contributed by atoms with van der Waals surface area (Å²) in [5.41, 5.74) is 0. The van der Waals surface area contributed by atoms with E-state index in [0.29, 0.717) is 6.42 Å². The van der Waals surface area contributed by atoms with E-state index in [4.69, 9.17) is 9.47 Å². The van der Waals surface area contributed by atoms with Crippen LogP contribution in [-0.4, -0.2) is 44.5 Å². The Bertz CT molecular complexity index is 411. The smallest absolute Gasteiger partial charge is 0.748 e. The first-order valence-corrected chi connectivity index (χ1v) is 10.6. The predicted molar refractivity (Wildman–Crippen MR) is 92.7 cm³/mol. The fourth-order valence-corrected chi connectivity index (χ4v) is 2.58. The van der Waals surface area contributed by atoms with Crippen molar-refractivity contribution in [2.24, 2.45) is 5.92 Å². The molecule has 0 bridgehead atoms. The van der Waals surface area contributed by atoms with Gasteiger partial charge in [-0.15, -0.1) is 0 Å². The minimum atomic E-state index is -4.24. The van der Waals surface area contributed by atoms with Gasteiger partial charge in [-0.3, -0.25) is 4.79 Å². The third kappa shape index (κ3) is 24.3. The molecule has 0 aliphatic rings. The number of carbonyl (C=O) groups excluding carboxylic acids is 1. The van der Waals surface area contributed by atoms with Gasteiger partial charge in [0.25, 0.3) is 0 Å². The number of rotatable bonds is 16. The fraction of sp³-hybridized carbons (Fsp3) is 0.941. The summed E-state index contributed by atoms with van der Waals surface area (Å²) in [7, 11) is -4.24. The van der Waals surface area contributed by atoms with Crippen molar-refractivity contribution >= 4 is 16.1 Å². The minimum Gasteiger partial charge on any atom is -0.748 e. The van der Waals surface area contributed by atoms with E-state index in [1.807, 2.05) is 0 Å². The second-order valence-electron chi connectivity index (χ2n) is 6.50.